The van der Waals surface area contributed by atoms with E-state index < -0.39 is 0 Å². The average molecular weight is 173 g/mol. The smallest absolute Gasteiger partial charge is 0.108 e. The van der Waals surface area contributed by atoms with Crippen LogP contribution in [0.4, 0.5) is 0 Å². The zero-order valence-corrected chi connectivity index (χ0v) is 9.56. The molecule has 0 bridgehead atoms. The number of hydrogen-bond donors (Lipinski definition) is 0. The minimum Gasteiger partial charge on any atom is -0.500 e. The number of hydrogen-bond acceptors (Lipinski definition) is 2. The minimum absolute atomic E-state index is 0.0747. The van der Waals surface area contributed by atoms with Crippen LogP contribution in [0.15, 0.2) is 12.3 Å². The van der Waals surface area contributed by atoms with E-state index in [1.807, 2.05) is 27.9 Å². The normalized spacial score (nSPS) is 10.3. The van der Waals surface area contributed by atoms with Crippen LogP contribution in [0.3, 0.4) is 0 Å². The lowest BCUT2D eigenvalue weighted by Crippen LogP contribution is -2.40. The van der Waals surface area contributed by atoms with Gasteiger partial charge in [0, 0.05) is 0 Å². The highest BCUT2D eigenvalue weighted by Crippen LogP contribution is 2.19. The molecule has 2 heteroatoms. The summed E-state index contributed by atoms with van der Waals surface area (Å²) in [5.74, 6) is 0.789. The van der Waals surface area contributed by atoms with Crippen LogP contribution in [0, 0.1) is 0 Å². The van der Waals surface area contributed by atoms with Gasteiger partial charge in [0.25, 0.3) is 0 Å². The first kappa shape index (κ1) is 14.0. The largest absolute Gasteiger partial charge is 0.500 e. The molecule has 0 saturated carbocycles. The standard InChI is InChI=1S/C8H17NO.C2H6/c1-7(10-6)8(2,3)9(4)5;1-2/h1H2,2-6H3;1-2H3. The second kappa shape index (κ2) is 6.06. The number of ether oxygens (including phenoxy) is 1. The Balaban J connectivity index is 0. The first-order chi connectivity index (χ1) is 5.42. The maximum atomic E-state index is 5.04. The van der Waals surface area contributed by atoms with Crippen molar-refractivity contribution in [3.8, 4) is 0 Å². The summed E-state index contributed by atoms with van der Waals surface area (Å²) >= 11 is 0. The Bertz CT molecular complexity index is 128. The Morgan fingerprint density at radius 1 is 1.25 bits per heavy atom. The van der Waals surface area contributed by atoms with Crippen molar-refractivity contribution >= 4 is 0 Å². The molecule has 0 amide bonds. The highest BCUT2D eigenvalue weighted by atomic mass is 16.5. The average Bonchev–Trinajstić information content (AvgIpc) is 2.06. The SMILES string of the molecule is C=C(OC)C(C)(C)N(C)C.CC. The molecular formula is C10H23NO. The van der Waals surface area contributed by atoms with Crippen LogP contribution in [0.1, 0.15) is 27.7 Å². The van der Waals surface area contributed by atoms with Gasteiger partial charge in [0.2, 0.25) is 0 Å². The molecule has 0 radical (unpaired) electrons. The van der Waals surface area contributed by atoms with Crippen molar-refractivity contribution in [1.29, 1.82) is 0 Å². The summed E-state index contributed by atoms with van der Waals surface area (Å²) in [6, 6.07) is 0. The molecule has 0 fully saturated rings. The Labute approximate surface area is 77.2 Å². The fraction of sp³-hybridized carbons (Fsp3) is 0.800. The lowest BCUT2D eigenvalue weighted by atomic mass is 10.0. The van der Waals surface area contributed by atoms with E-state index in [0.29, 0.717) is 0 Å². The zero-order valence-electron chi connectivity index (χ0n) is 9.56. The first-order valence-electron chi connectivity index (χ1n) is 4.33. The molecule has 0 spiro atoms. The molecular weight excluding hydrogens is 150 g/mol. The van der Waals surface area contributed by atoms with Gasteiger partial charge in [-0.1, -0.05) is 20.4 Å². The van der Waals surface area contributed by atoms with E-state index in [1.165, 1.54) is 0 Å². The summed E-state index contributed by atoms with van der Waals surface area (Å²) in [7, 11) is 5.65. The predicted molar refractivity (Wildman–Crippen MR) is 55.3 cm³/mol. The van der Waals surface area contributed by atoms with Crippen molar-refractivity contribution in [3.63, 3.8) is 0 Å². The third-order valence-corrected chi connectivity index (χ3v) is 2.05. The summed E-state index contributed by atoms with van der Waals surface area (Å²) in [5, 5.41) is 0. The number of methoxy groups -OCH3 is 1. The van der Waals surface area contributed by atoms with Crippen molar-refractivity contribution < 1.29 is 4.74 Å². The van der Waals surface area contributed by atoms with Crippen LogP contribution < -0.4 is 0 Å². The molecule has 0 saturated heterocycles. The van der Waals surface area contributed by atoms with Crippen LogP contribution in [0.25, 0.3) is 0 Å². The quantitative estimate of drug-likeness (QED) is 0.608. The molecule has 74 valence electrons. The highest BCUT2D eigenvalue weighted by Gasteiger charge is 2.24. The van der Waals surface area contributed by atoms with Crippen LogP contribution >= 0.6 is 0 Å². The lowest BCUT2D eigenvalue weighted by Gasteiger charge is -2.32. The van der Waals surface area contributed by atoms with E-state index in [1.54, 1.807) is 7.11 Å². The van der Waals surface area contributed by atoms with Crippen molar-refractivity contribution in [3.05, 3.63) is 12.3 Å². The molecule has 0 N–H and O–H groups in total. The van der Waals surface area contributed by atoms with Gasteiger partial charge in [-0.15, -0.1) is 0 Å². The molecule has 2 nitrogen and oxygen atoms in total. The Kier molecular flexibility index (Phi) is 7.10. The van der Waals surface area contributed by atoms with Crippen LogP contribution in [-0.2, 0) is 4.74 Å². The van der Waals surface area contributed by atoms with Crippen molar-refractivity contribution in [2.45, 2.75) is 33.2 Å². The fourth-order valence-corrected chi connectivity index (χ4v) is 0.499. The Morgan fingerprint density at radius 2 is 1.58 bits per heavy atom. The molecule has 0 aromatic rings. The summed E-state index contributed by atoms with van der Waals surface area (Å²) < 4.78 is 5.04. The molecule has 0 aromatic heterocycles. The molecule has 0 rings (SSSR count). The van der Waals surface area contributed by atoms with Crippen LogP contribution in [0.5, 0.6) is 0 Å². The second-order valence-electron chi connectivity index (χ2n) is 3.08. The fourth-order valence-electron chi connectivity index (χ4n) is 0.499. The van der Waals surface area contributed by atoms with Crippen molar-refractivity contribution in [2.24, 2.45) is 0 Å². The first-order valence-corrected chi connectivity index (χ1v) is 4.33. The van der Waals surface area contributed by atoms with Gasteiger partial charge in [-0.05, 0) is 27.9 Å². The summed E-state index contributed by atoms with van der Waals surface area (Å²) in [5.41, 5.74) is -0.0747. The van der Waals surface area contributed by atoms with Gasteiger partial charge in [-0.3, -0.25) is 4.90 Å². The molecule has 0 heterocycles. The van der Waals surface area contributed by atoms with Gasteiger partial charge in [0.05, 0.1) is 12.6 Å². The zero-order chi connectivity index (χ0) is 10.4. The van der Waals surface area contributed by atoms with Crippen molar-refractivity contribution in [1.82, 2.24) is 4.90 Å². The maximum Gasteiger partial charge on any atom is 0.108 e. The van der Waals surface area contributed by atoms with E-state index in [4.69, 9.17) is 4.74 Å². The molecule has 12 heavy (non-hydrogen) atoms. The van der Waals surface area contributed by atoms with Crippen LogP contribution in [0.2, 0.25) is 0 Å². The van der Waals surface area contributed by atoms with Gasteiger partial charge in [0.15, 0.2) is 0 Å². The molecule has 0 aliphatic rings. The van der Waals surface area contributed by atoms with E-state index >= 15 is 0 Å². The van der Waals surface area contributed by atoms with E-state index in [9.17, 15) is 0 Å². The highest BCUT2D eigenvalue weighted by molar-refractivity contribution is 5.04. The molecule has 0 aliphatic carbocycles. The van der Waals surface area contributed by atoms with E-state index in [2.05, 4.69) is 25.3 Å². The Hall–Kier alpha value is -0.500. The van der Waals surface area contributed by atoms with Gasteiger partial charge in [-0.25, -0.2) is 0 Å². The predicted octanol–water partition coefficient (Wildman–Crippen LogP) is 2.51. The van der Waals surface area contributed by atoms with Gasteiger partial charge < -0.3 is 4.74 Å². The summed E-state index contributed by atoms with van der Waals surface area (Å²) in [6.07, 6.45) is 0. The maximum absolute atomic E-state index is 5.04. The molecule has 0 atom stereocenters. The third kappa shape index (κ3) is 3.77. The van der Waals surface area contributed by atoms with Gasteiger partial charge in [-0.2, -0.15) is 0 Å². The van der Waals surface area contributed by atoms with Gasteiger partial charge >= 0.3 is 0 Å². The number of nitrogens with zero attached hydrogens (tertiary/aromatic N) is 1. The van der Waals surface area contributed by atoms with Gasteiger partial charge in [0.1, 0.15) is 5.76 Å². The molecule has 0 aliphatic heterocycles. The van der Waals surface area contributed by atoms with Crippen molar-refractivity contribution in [2.75, 3.05) is 21.2 Å². The van der Waals surface area contributed by atoms with Crippen LogP contribution in [-0.4, -0.2) is 31.6 Å². The molecule has 0 unspecified atom stereocenters. The Morgan fingerprint density at radius 3 is 1.67 bits per heavy atom. The third-order valence-electron chi connectivity index (χ3n) is 2.05. The topological polar surface area (TPSA) is 12.5 Å². The summed E-state index contributed by atoms with van der Waals surface area (Å²) in [4.78, 5) is 2.07. The number of likely N-dealkylation sites (N-methyl/N-ethyl adjacent to an activating group) is 1. The van der Waals surface area contributed by atoms with E-state index in [-0.39, 0.29) is 5.54 Å². The minimum atomic E-state index is -0.0747. The second-order valence-corrected chi connectivity index (χ2v) is 3.08. The monoisotopic (exact) mass is 173 g/mol. The lowest BCUT2D eigenvalue weighted by molar-refractivity contribution is 0.137. The molecule has 0 aromatic carbocycles. The van der Waals surface area contributed by atoms with E-state index in [0.717, 1.165) is 5.76 Å². The summed E-state index contributed by atoms with van der Waals surface area (Å²) in [6.45, 7) is 11.9. The number of rotatable bonds is 3.